The minimum atomic E-state index is -4.34. The van der Waals surface area contributed by atoms with Gasteiger partial charge in [-0.15, -0.1) is 0 Å². The SMILES string of the molecule is CCOC(=O)C(C1CCCCC1)C(C)C(F)(F)F. The molecular formula is C13H21F3O2. The van der Waals surface area contributed by atoms with Crippen molar-refractivity contribution in [2.45, 2.75) is 52.1 Å². The number of hydrogen-bond acceptors (Lipinski definition) is 2. The lowest BCUT2D eigenvalue weighted by atomic mass is 9.74. The summed E-state index contributed by atoms with van der Waals surface area (Å²) in [4.78, 5) is 11.8. The Balaban J connectivity index is 2.83. The number of alkyl halides is 3. The third kappa shape index (κ3) is 3.89. The molecule has 0 aromatic heterocycles. The molecule has 0 spiro atoms. The van der Waals surface area contributed by atoms with E-state index in [1.165, 1.54) is 0 Å². The van der Waals surface area contributed by atoms with Crippen molar-refractivity contribution in [2.24, 2.45) is 17.8 Å². The van der Waals surface area contributed by atoms with Gasteiger partial charge in [-0.2, -0.15) is 13.2 Å². The first kappa shape index (κ1) is 15.3. The van der Waals surface area contributed by atoms with E-state index in [0.717, 1.165) is 26.2 Å². The highest BCUT2D eigenvalue weighted by Crippen LogP contribution is 2.41. The molecular weight excluding hydrogens is 245 g/mol. The van der Waals surface area contributed by atoms with Crippen LogP contribution in [0, 0.1) is 17.8 Å². The predicted octanol–water partition coefficient (Wildman–Crippen LogP) is 3.94. The molecule has 2 nitrogen and oxygen atoms in total. The van der Waals surface area contributed by atoms with Gasteiger partial charge in [-0.05, 0) is 25.7 Å². The third-order valence-corrected chi connectivity index (χ3v) is 3.77. The molecule has 18 heavy (non-hydrogen) atoms. The highest BCUT2D eigenvalue weighted by molar-refractivity contribution is 5.73. The van der Waals surface area contributed by atoms with E-state index in [0.29, 0.717) is 12.8 Å². The van der Waals surface area contributed by atoms with E-state index in [9.17, 15) is 18.0 Å². The highest BCUT2D eigenvalue weighted by atomic mass is 19.4. The van der Waals surface area contributed by atoms with Gasteiger partial charge in [0.15, 0.2) is 0 Å². The van der Waals surface area contributed by atoms with Gasteiger partial charge in [0.05, 0.1) is 18.4 Å². The minimum Gasteiger partial charge on any atom is -0.466 e. The lowest BCUT2D eigenvalue weighted by Crippen LogP contribution is -2.39. The largest absolute Gasteiger partial charge is 0.466 e. The van der Waals surface area contributed by atoms with E-state index in [1.54, 1.807) is 6.92 Å². The summed E-state index contributed by atoms with van der Waals surface area (Å²) in [6.07, 6.45) is -0.0780. The molecule has 0 radical (unpaired) electrons. The van der Waals surface area contributed by atoms with Gasteiger partial charge in [-0.3, -0.25) is 4.79 Å². The van der Waals surface area contributed by atoms with Crippen molar-refractivity contribution in [1.82, 2.24) is 0 Å². The van der Waals surface area contributed by atoms with Crippen molar-refractivity contribution in [3.63, 3.8) is 0 Å². The van der Waals surface area contributed by atoms with Gasteiger partial charge in [-0.25, -0.2) is 0 Å². The van der Waals surface area contributed by atoms with E-state index in [4.69, 9.17) is 4.74 Å². The minimum absolute atomic E-state index is 0.132. The molecule has 0 aliphatic heterocycles. The Morgan fingerprint density at radius 2 is 1.83 bits per heavy atom. The Morgan fingerprint density at radius 1 is 1.28 bits per heavy atom. The topological polar surface area (TPSA) is 26.3 Å². The van der Waals surface area contributed by atoms with Crippen LogP contribution in [0.2, 0.25) is 0 Å². The second kappa shape index (κ2) is 6.43. The zero-order valence-electron chi connectivity index (χ0n) is 10.9. The molecule has 1 fully saturated rings. The van der Waals surface area contributed by atoms with Crippen LogP contribution in [0.25, 0.3) is 0 Å². The van der Waals surface area contributed by atoms with Gasteiger partial charge in [0.25, 0.3) is 0 Å². The molecule has 0 amide bonds. The van der Waals surface area contributed by atoms with Crippen LogP contribution in [0.1, 0.15) is 46.0 Å². The van der Waals surface area contributed by atoms with Gasteiger partial charge in [0.2, 0.25) is 0 Å². The average molecular weight is 266 g/mol. The Labute approximate surface area is 106 Å². The van der Waals surface area contributed by atoms with Crippen LogP contribution in [0.15, 0.2) is 0 Å². The summed E-state index contributed by atoms with van der Waals surface area (Å²) < 4.78 is 43.4. The first-order valence-corrected chi connectivity index (χ1v) is 6.61. The van der Waals surface area contributed by atoms with Crippen LogP contribution in [-0.4, -0.2) is 18.8 Å². The molecule has 1 rings (SSSR count). The van der Waals surface area contributed by atoms with E-state index >= 15 is 0 Å². The van der Waals surface area contributed by atoms with Crippen LogP contribution in [0.3, 0.4) is 0 Å². The molecule has 5 heteroatoms. The maximum Gasteiger partial charge on any atom is 0.392 e. The van der Waals surface area contributed by atoms with Crippen LogP contribution in [0.5, 0.6) is 0 Å². The van der Waals surface area contributed by atoms with Gasteiger partial charge in [-0.1, -0.05) is 26.2 Å². The van der Waals surface area contributed by atoms with Crippen molar-refractivity contribution >= 4 is 5.97 Å². The standard InChI is InChI=1S/C13H21F3O2/c1-3-18-12(17)11(9(2)13(14,15)16)10-7-5-4-6-8-10/h9-11H,3-8H2,1-2H3. The molecule has 1 aliphatic carbocycles. The maximum absolute atomic E-state index is 12.8. The Morgan fingerprint density at radius 3 is 2.28 bits per heavy atom. The number of hydrogen-bond donors (Lipinski definition) is 0. The van der Waals surface area contributed by atoms with Crippen LogP contribution < -0.4 is 0 Å². The molecule has 1 aliphatic rings. The lowest BCUT2D eigenvalue weighted by Gasteiger charge is -2.33. The molecule has 0 bridgehead atoms. The fourth-order valence-corrected chi connectivity index (χ4v) is 2.74. The number of ether oxygens (including phenoxy) is 1. The fourth-order valence-electron chi connectivity index (χ4n) is 2.74. The summed E-state index contributed by atoms with van der Waals surface area (Å²) in [6, 6.07) is 0. The maximum atomic E-state index is 12.8. The fraction of sp³-hybridized carbons (Fsp3) is 0.923. The zero-order valence-corrected chi connectivity index (χ0v) is 10.9. The Bertz CT molecular complexity index is 270. The lowest BCUT2D eigenvalue weighted by molar-refractivity contribution is -0.200. The molecule has 1 saturated carbocycles. The number of carbonyl (C=O) groups excluding carboxylic acids is 1. The predicted molar refractivity (Wildman–Crippen MR) is 61.9 cm³/mol. The molecule has 0 saturated heterocycles. The molecule has 0 aromatic carbocycles. The zero-order chi connectivity index (χ0) is 13.8. The molecule has 0 aromatic rings. The summed E-state index contributed by atoms with van der Waals surface area (Å²) in [5.41, 5.74) is 0. The van der Waals surface area contributed by atoms with E-state index in [1.807, 2.05) is 0 Å². The normalized spacial score (nSPS) is 21.4. The van der Waals surface area contributed by atoms with Crippen molar-refractivity contribution < 1.29 is 22.7 Å². The number of rotatable bonds is 4. The monoisotopic (exact) mass is 266 g/mol. The van der Waals surface area contributed by atoms with E-state index in [-0.39, 0.29) is 12.5 Å². The summed E-state index contributed by atoms with van der Waals surface area (Å²) in [5, 5.41) is 0. The molecule has 2 atom stereocenters. The number of esters is 1. The molecule has 106 valence electrons. The smallest absolute Gasteiger partial charge is 0.392 e. The first-order chi connectivity index (χ1) is 8.38. The molecule has 0 N–H and O–H groups in total. The number of carbonyl (C=O) groups is 1. The van der Waals surface area contributed by atoms with Gasteiger partial charge >= 0.3 is 12.1 Å². The summed E-state index contributed by atoms with van der Waals surface area (Å²) in [5.74, 6) is -3.53. The van der Waals surface area contributed by atoms with E-state index in [2.05, 4.69) is 0 Å². The van der Waals surface area contributed by atoms with Crippen LogP contribution in [0.4, 0.5) is 13.2 Å². The highest BCUT2D eigenvalue weighted by Gasteiger charge is 2.47. The van der Waals surface area contributed by atoms with Crippen molar-refractivity contribution in [2.75, 3.05) is 6.61 Å². The van der Waals surface area contributed by atoms with Crippen molar-refractivity contribution in [1.29, 1.82) is 0 Å². The Kier molecular flexibility index (Phi) is 5.47. The first-order valence-electron chi connectivity index (χ1n) is 6.61. The molecule has 0 heterocycles. The summed E-state index contributed by atoms with van der Waals surface area (Å²) in [6.45, 7) is 2.84. The van der Waals surface area contributed by atoms with E-state index < -0.39 is 24.0 Å². The van der Waals surface area contributed by atoms with Gasteiger partial charge in [0.1, 0.15) is 0 Å². The summed E-state index contributed by atoms with van der Waals surface area (Å²) in [7, 11) is 0. The Hall–Kier alpha value is -0.740. The second-order valence-electron chi connectivity index (χ2n) is 5.01. The van der Waals surface area contributed by atoms with Gasteiger partial charge in [0, 0.05) is 0 Å². The second-order valence-corrected chi connectivity index (χ2v) is 5.01. The van der Waals surface area contributed by atoms with Crippen molar-refractivity contribution in [3.05, 3.63) is 0 Å². The quantitative estimate of drug-likeness (QED) is 0.720. The summed E-state index contributed by atoms with van der Waals surface area (Å²) >= 11 is 0. The van der Waals surface area contributed by atoms with Crippen molar-refractivity contribution in [3.8, 4) is 0 Å². The third-order valence-electron chi connectivity index (χ3n) is 3.77. The van der Waals surface area contributed by atoms with Crippen LogP contribution >= 0.6 is 0 Å². The molecule has 2 unspecified atom stereocenters. The van der Waals surface area contributed by atoms with Crippen LogP contribution in [-0.2, 0) is 9.53 Å². The van der Waals surface area contributed by atoms with Gasteiger partial charge < -0.3 is 4.74 Å². The number of halogens is 3. The average Bonchev–Trinajstić information content (AvgIpc) is 2.29.